The number of para-hydroxylation sites is 1. The minimum absolute atomic E-state index is 0.0183. The number of pyridine rings is 1. The van der Waals surface area contributed by atoms with Gasteiger partial charge in [-0.05, 0) is 43.3 Å². The van der Waals surface area contributed by atoms with E-state index in [9.17, 15) is 14.0 Å². The average Bonchev–Trinajstić information content (AvgIpc) is 2.65. The van der Waals surface area contributed by atoms with Gasteiger partial charge in [0.25, 0.3) is 11.8 Å². The van der Waals surface area contributed by atoms with Crippen molar-refractivity contribution >= 4 is 23.2 Å². The zero-order valence-electron chi connectivity index (χ0n) is 14.0. The van der Waals surface area contributed by atoms with Crippen LogP contribution in [0, 0.1) is 12.7 Å². The van der Waals surface area contributed by atoms with Crippen molar-refractivity contribution in [1.82, 2.24) is 4.98 Å². The molecule has 0 atom stereocenters. The van der Waals surface area contributed by atoms with Crippen molar-refractivity contribution < 1.29 is 14.0 Å². The summed E-state index contributed by atoms with van der Waals surface area (Å²) in [5, 5.41) is 5.16. The summed E-state index contributed by atoms with van der Waals surface area (Å²) in [6, 6.07) is 17.6. The quantitative estimate of drug-likeness (QED) is 0.747. The predicted octanol–water partition coefficient (Wildman–Crippen LogP) is 4.03. The Balaban J connectivity index is 1.75. The minimum atomic E-state index is -0.597. The number of carbonyl (C=O) groups is 2. The van der Waals surface area contributed by atoms with Gasteiger partial charge in [0.15, 0.2) is 0 Å². The number of hydrogen-bond acceptors (Lipinski definition) is 3. The molecule has 0 radical (unpaired) electrons. The van der Waals surface area contributed by atoms with Crippen LogP contribution in [0.1, 0.15) is 26.5 Å². The lowest BCUT2D eigenvalue weighted by Crippen LogP contribution is -2.18. The maximum absolute atomic E-state index is 13.6. The second kappa shape index (κ2) is 7.57. The first-order chi connectivity index (χ1) is 12.5. The summed E-state index contributed by atoms with van der Waals surface area (Å²) in [6.45, 7) is 1.95. The van der Waals surface area contributed by atoms with Gasteiger partial charge in [0.2, 0.25) is 0 Å². The summed E-state index contributed by atoms with van der Waals surface area (Å²) < 4.78 is 13.6. The second-order valence-electron chi connectivity index (χ2n) is 5.66. The van der Waals surface area contributed by atoms with Crippen LogP contribution in [-0.4, -0.2) is 16.8 Å². The third-order valence-electron chi connectivity index (χ3n) is 3.65. The molecule has 0 bridgehead atoms. The molecule has 3 rings (SSSR count). The van der Waals surface area contributed by atoms with E-state index in [4.69, 9.17) is 0 Å². The van der Waals surface area contributed by atoms with Gasteiger partial charge in [0, 0.05) is 5.69 Å². The average molecular weight is 349 g/mol. The van der Waals surface area contributed by atoms with Crippen LogP contribution in [0.3, 0.4) is 0 Å². The standard InChI is InChI=1S/C20H16FN3O2/c1-13-9-11-14(12-10-13)22-19(25)17-7-4-8-18(23-17)20(26)24-16-6-3-2-5-15(16)21/h2-12H,1H3,(H,22,25)(H,24,26). The van der Waals surface area contributed by atoms with Crippen LogP contribution in [0.25, 0.3) is 0 Å². The Hall–Kier alpha value is -3.54. The molecule has 0 unspecified atom stereocenters. The van der Waals surface area contributed by atoms with Crippen LogP contribution < -0.4 is 10.6 Å². The predicted molar refractivity (Wildman–Crippen MR) is 97.7 cm³/mol. The van der Waals surface area contributed by atoms with E-state index in [1.54, 1.807) is 24.3 Å². The van der Waals surface area contributed by atoms with Crippen molar-refractivity contribution in [2.45, 2.75) is 6.92 Å². The largest absolute Gasteiger partial charge is 0.321 e. The Morgan fingerprint density at radius 2 is 1.42 bits per heavy atom. The van der Waals surface area contributed by atoms with Gasteiger partial charge < -0.3 is 10.6 Å². The lowest BCUT2D eigenvalue weighted by atomic mass is 10.2. The number of aromatic nitrogens is 1. The number of nitrogens with one attached hydrogen (secondary N) is 2. The number of nitrogens with zero attached hydrogens (tertiary/aromatic N) is 1. The topological polar surface area (TPSA) is 71.1 Å². The Morgan fingerprint density at radius 1 is 0.808 bits per heavy atom. The molecule has 26 heavy (non-hydrogen) atoms. The van der Waals surface area contributed by atoms with E-state index in [-0.39, 0.29) is 17.1 Å². The molecule has 2 aromatic carbocycles. The summed E-state index contributed by atoms with van der Waals surface area (Å²) in [5.41, 5.74) is 1.86. The van der Waals surface area contributed by atoms with Crippen LogP contribution in [0.15, 0.2) is 66.7 Å². The third kappa shape index (κ3) is 4.10. The smallest absolute Gasteiger partial charge is 0.274 e. The zero-order valence-corrected chi connectivity index (χ0v) is 14.0. The zero-order chi connectivity index (χ0) is 18.5. The molecule has 0 spiro atoms. The molecule has 0 fully saturated rings. The Labute approximate surface area is 149 Å². The van der Waals surface area contributed by atoms with Gasteiger partial charge in [0.1, 0.15) is 17.2 Å². The molecule has 3 aromatic rings. The maximum atomic E-state index is 13.6. The van der Waals surface area contributed by atoms with E-state index in [0.29, 0.717) is 5.69 Å². The summed E-state index contributed by atoms with van der Waals surface area (Å²) in [6.07, 6.45) is 0. The van der Waals surface area contributed by atoms with Gasteiger partial charge in [-0.3, -0.25) is 9.59 Å². The van der Waals surface area contributed by atoms with Gasteiger partial charge in [-0.1, -0.05) is 35.9 Å². The first kappa shape index (κ1) is 17.3. The van der Waals surface area contributed by atoms with Crippen LogP contribution in [0.2, 0.25) is 0 Å². The minimum Gasteiger partial charge on any atom is -0.321 e. The number of benzene rings is 2. The SMILES string of the molecule is Cc1ccc(NC(=O)c2cccc(C(=O)Nc3ccccc3F)n2)cc1. The molecule has 0 saturated carbocycles. The highest BCUT2D eigenvalue weighted by Gasteiger charge is 2.14. The molecule has 6 heteroatoms. The number of hydrogen-bond donors (Lipinski definition) is 2. The highest BCUT2D eigenvalue weighted by Crippen LogP contribution is 2.14. The van der Waals surface area contributed by atoms with Crippen LogP contribution in [0.4, 0.5) is 15.8 Å². The van der Waals surface area contributed by atoms with Crippen molar-refractivity contribution in [2.75, 3.05) is 10.6 Å². The van der Waals surface area contributed by atoms with E-state index in [1.165, 1.54) is 30.3 Å². The molecule has 2 amide bonds. The molecular formula is C20H16FN3O2. The fraction of sp³-hybridized carbons (Fsp3) is 0.0500. The van der Waals surface area contributed by atoms with E-state index in [2.05, 4.69) is 15.6 Å². The van der Waals surface area contributed by atoms with E-state index >= 15 is 0 Å². The van der Waals surface area contributed by atoms with Crippen LogP contribution in [-0.2, 0) is 0 Å². The number of rotatable bonds is 4. The van der Waals surface area contributed by atoms with Crippen LogP contribution in [0.5, 0.6) is 0 Å². The summed E-state index contributed by atoms with van der Waals surface area (Å²) in [5.74, 6) is -1.58. The summed E-state index contributed by atoms with van der Waals surface area (Å²) >= 11 is 0. The van der Waals surface area contributed by atoms with Crippen molar-refractivity contribution in [2.24, 2.45) is 0 Å². The Morgan fingerprint density at radius 3 is 2.08 bits per heavy atom. The molecule has 2 N–H and O–H groups in total. The first-order valence-electron chi connectivity index (χ1n) is 7.94. The number of anilines is 2. The Bertz CT molecular complexity index is 955. The number of carbonyl (C=O) groups excluding carboxylic acids is 2. The highest BCUT2D eigenvalue weighted by molar-refractivity contribution is 6.06. The number of aryl methyl sites for hydroxylation is 1. The molecule has 0 saturated heterocycles. The molecule has 0 aliphatic rings. The fourth-order valence-corrected chi connectivity index (χ4v) is 2.27. The monoisotopic (exact) mass is 349 g/mol. The maximum Gasteiger partial charge on any atom is 0.274 e. The summed E-state index contributed by atoms with van der Waals surface area (Å²) in [7, 11) is 0. The molecular weight excluding hydrogens is 333 g/mol. The lowest BCUT2D eigenvalue weighted by molar-refractivity contribution is 0.101. The molecule has 0 aliphatic heterocycles. The normalized spacial score (nSPS) is 10.2. The fourth-order valence-electron chi connectivity index (χ4n) is 2.27. The van der Waals surface area contributed by atoms with Gasteiger partial charge in [-0.2, -0.15) is 0 Å². The number of amides is 2. The third-order valence-corrected chi connectivity index (χ3v) is 3.65. The molecule has 1 aromatic heterocycles. The van der Waals surface area contributed by atoms with Gasteiger partial charge in [-0.25, -0.2) is 9.37 Å². The van der Waals surface area contributed by atoms with Gasteiger partial charge in [0.05, 0.1) is 5.69 Å². The van der Waals surface area contributed by atoms with Crippen molar-refractivity contribution in [3.05, 3.63) is 89.5 Å². The molecule has 5 nitrogen and oxygen atoms in total. The lowest BCUT2D eigenvalue weighted by Gasteiger charge is -2.08. The van der Waals surface area contributed by atoms with E-state index in [0.717, 1.165) is 5.56 Å². The second-order valence-corrected chi connectivity index (χ2v) is 5.66. The van der Waals surface area contributed by atoms with Gasteiger partial charge >= 0.3 is 0 Å². The molecule has 0 aliphatic carbocycles. The van der Waals surface area contributed by atoms with Crippen LogP contribution >= 0.6 is 0 Å². The van der Waals surface area contributed by atoms with Crippen molar-refractivity contribution in [3.8, 4) is 0 Å². The highest BCUT2D eigenvalue weighted by atomic mass is 19.1. The van der Waals surface area contributed by atoms with E-state index < -0.39 is 17.6 Å². The first-order valence-corrected chi connectivity index (χ1v) is 7.94. The van der Waals surface area contributed by atoms with Gasteiger partial charge in [-0.15, -0.1) is 0 Å². The van der Waals surface area contributed by atoms with Crippen molar-refractivity contribution in [3.63, 3.8) is 0 Å². The number of halogens is 1. The molecule has 130 valence electrons. The van der Waals surface area contributed by atoms with Crippen molar-refractivity contribution in [1.29, 1.82) is 0 Å². The summed E-state index contributed by atoms with van der Waals surface area (Å²) in [4.78, 5) is 28.7. The Kier molecular flexibility index (Phi) is 5.03. The molecule has 1 heterocycles. The van der Waals surface area contributed by atoms with E-state index in [1.807, 2.05) is 19.1 Å².